The molecule has 9 heteroatoms. The van der Waals surface area contributed by atoms with Crippen LogP contribution in [0, 0.1) is 5.92 Å². The summed E-state index contributed by atoms with van der Waals surface area (Å²) in [6.45, 7) is 7.31. The van der Waals surface area contributed by atoms with E-state index in [0.717, 1.165) is 6.54 Å². The number of hydrogen-bond acceptors (Lipinski definition) is 4. The van der Waals surface area contributed by atoms with E-state index >= 15 is 0 Å². The molecule has 1 aliphatic carbocycles. The van der Waals surface area contributed by atoms with Gasteiger partial charge in [-0.05, 0) is 39.5 Å². The van der Waals surface area contributed by atoms with E-state index in [0.29, 0.717) is 25.0 Å². The lowest BCUT2D eigenvalue weighted by molar-refractivity contribution is -0.127. The van der Waals surface area contributed by atoms with E-state index in [1.807, 2.05) is 20.8 Å². The van der Waals surface area contributed by atoms with Crippen molar-refractivity contribution in [3.8, 4) is 0 Å². The lowest BCUT2D eigenvalue weighted by Crippen LogP contribution is -2.44. The van der Waals surface area contributed by atoms with Crippen molar-refractivity contribution in [1.29, 1.82) is 0 Å². The van der Waals surface area contributed by atoms with Gasteiger partial charge in [-0.3, -0.25) is 4.79 Å². The summed E-state index contributed by atoms with van der Waals surface area (Å²) in [7, 11) is 3.43. The van der Waals surface area contributed by atoms with Gasteiger partial charge in [0.15, 0.2) is 5.96 Å². The summed E-state index contributed by atoms with van der Waals surface area (Å²) in [5, 5.41) is 9.21. The summed E-state index contributed by atoms with van der Waals surface area (Å²) in [4.78, 5) is 29.3. The highest BCUT2D eigenvalue weighted by Gasteiger charge is 2.16. The zero-order chi connectivity index (χ0) is 20.3. The Morgan fingerprint density at radius 2 is 1.64 bits per heavy atom. The maximum atomic E-state index is 11.8. The predicted octanol–water partition coefficient (Wildman–Crippen LogP) is 2.33. The molecule has 164 valence electrons. The van der Waals surface area contributed by atoms with Crippen molar-refractivity contribution in [2.45, 2.75) is 58.5 Å². The molecule has 28 heavy (non-hydrogen) atoms. The van der Waals surface area contributed by atoms with Gasteiger partial charge in [-0.15, -0.1) is 24.0 Å². The van der Waals surface area contributed by atoms with Gasteiger partial charge in [0.05, 0.1) is 0 Å². The molecule has 8 nitrogen and oxygen atoms in total. The molecule has 1 rings (SSSR count). The van der Waals surface area contributed by atoms with Crippen molar-refractivity contribution in [3.63, 3.8) is 0 Å². The molecular formula is C19H38IN5O3. The monoisotopic (exact) mass is 511 g/mol. The predicted molar refractivity (Wildman–Crippen MR) is 123 cm³/mol. The number of nitrogens with one attached hydrogen (secondary N) is 3. The van der Waals surface area contributed by atoms with Gasteiger partial charge in [0.25, 0.3) is 0 Å². The van der Waals surface area contributed by atoms with Gasteiger partial charge in [0.1, 0.15) is 12.1 Å². The van der Waals surface area contributed by atoms with Crippen LogP contribution in [0.25, 0.3) is 0 Å². The molecule has 0 aromatic carbocycles. The van der Waals surface area contributed by atoms with Gasteiger partial charge in [-0.25, -0.2) is 9.79 Å². The lowest BCUT2D eigenvalue weighted by atomic mass is 9.89. The molecule has 1 aliphatic rings. The molecule has 0 aliphatic heterocycles. The van der Waals surface area contributed by atoms with Crippen LogP contribution in [0.15, 0.2) is 4.99 Å². The maximum absolute atomic E-state index is 11.8. The van der Waals surface area contributed by atoms with Crippen LogP contribution in [0.1, 0.15) is 52.9 Å². The zero-order valence-corrected chi connectivity index (χ0v) is 20.3. The first-order chi connectivity index (χ1) is 12.7. The van der Waals surface area contributed by atoms with Crippen molar-refractivity contribution in [2.24, 2.45) is 10.9 Å². The average Bonchev–Trinajstić information content (AvgIpc) is 2.59. The van der Waals surface area contributed by atoms with Crippen LogP contribution in [-0.2, 0) is 9.53 Å². The number of guanidine groups is 1. The van der Waals surface area contributed by atoms with Crippen LogP contribution in [-0.4, -0.2) is 68.7 Å². The van der Waals surface area contributed by atoms with Gasteiger partial charge in [-0.2, -0.15) is 0 Å². The molecule has 3 N–H and O–H groups in total. The minimum absolute atomic E-state index is 0. The van der Waals surface area contributed by atoms with E-state index in [1.165, 1.54) is 37.0 Å². The molecule has 0 aromatic heterocycles. The summed E-state index contributed by atoms with van der Waals surface area (Å²) in [5.74, 6) is 1.19. The quantitative estimate of drug-likeness (QED) is 0.211. The van der Waals surface area contributed by atoms with Crippen molar-refractivity contribution in [1.82, 2.24) is 20.9 Å². The number of nitrogens with zero attached hydrogens (tertiary/aromatic N) is 2. The second kappa shape index (κ2) is 13.8. The SMILES string of the molecule is CN(C)C(=O)CN=C(NCCNC(=O)OC(C)(C)C)NCC1CCCCC1.I. The van der Waals surface area contributed by atoms with Gasteiger partial charge in [0, 0.05) is 33.7 Å². The molecule has 0 radical (unpaired) electrons. The second-order valence-corrected chi connectivity index (χ2v) is 8.19. The number of amides is 2. The Morgan fingerprint density at radius 1 is 1.04 bits per heavy atom. The largest absolute Gasteiger partial charge is 0.444 e. The molecule has 0 saturated heterocycles. The fraction of sp³-hybridized carbons (Fsp3) is 0.842. The topological polar surface area (TPSA) is 95.1 Å². The number of likely N-dealkylation sites (N-methyl/N-ethyl adjacent to an activating group) is 1. The average molecular weight is 511 g/mol. The molecule has 0 aromatic rings. The molecule has 1 fully saturated rings. The second-order valence-electron chi connectivity index (χ2n) is 8.19. The number of ether oxygens (including phenoxy) is 1. The third-order valence-electron chi connectivity index (χ3n) is 4.24. The summed E-state index contributed by atoms with van der Waals surface area (Å²) in [6, 6.07) is 0. The van der Waals surface area contributed by atoms with E-state index in [1.54, 1.807) is 14.1 Å². The van der Waals surface area contributed by atoms with E-state index in [2.05, 4.69) is 20.9 Å². The standard InChI is InChI=1S/C19H37N5O3.HI/c1-19(2,3)27-18(26)21-12-11-20-17(23-14-16(25)24(4)5)22-13-15-9-7-6-8-10-15;/h15H,6-14H2,1-5H3,(H,21,26)(H2,20,22,23);1H. The summed E-state index contributed by atoms with van der Waals surface area (Å²) < 4.78 is 5.20. The Bertz CT molecular complexity index is 500. The smallest absolute Gasteiger partial charge is 0.407 e. The van der Waals surface area contributed by atoms with Crippen molar-refractivity contribution in [2.75, 3.05) is 40.3 Å². The Morgan fingerprint density at radius 3 is 2.21 bits per heavy atom. The Hall–Kier alpha value is -1.26. The Kier molecular flexibility index (Phi) is 13.2. The van der Waals surface area contributed by atoms with Crippen LogP contribution in [0.2, 0.25) is 0 Å². The fourth-order valence-corrected chi connectivity index (χ4v) is 2.75. The number of halogens is 1. The van der Waals surface area contributed by atoms with E-state index in [-0.39, 0.29) is 36.4 Å². The van der Waals surface area contributed by atoms with Gasteiger partial charge in [-0.1, -0.05) is 19.3 Å². The number of rotatable bonds is 7. The third-order valence-corrected chi connectivity index (χ3v) is 4.24. The van der Waals surface area contributed by atoms with Crippen LogP contribution >= 0.6 is 24.0 Å². The highest BCUT2D eigenvalue weighted by molar-refractivity contribution is 14.0. The highest BCUT2D eigenvalue weighted by atomic mass is 127. The van der Waals surface area contributed by atoms with Crippen molar-refractivity contribution in [3.05, 3.63) is 0 Å². The number of carbonyl (C=O) groups is 2. The zero-order valence-electron chi connectivity index (χ0n) is 18.0. The first-order valence-corrected chi connectivity index (χ1v) is 9.86. The summed E-state index contributed by atoms with van der Waals surface area (Å²) in [6.07, 6.45) is 5.91. The molecular weight excluding hydrogens is 473 g/mol. The molecule has 0 bridgehead atoms. The minimum atomic E-state index is -0.516. The number of alkyl carbamates (subject to hydrolysis) is 1. The van der Waals surface area contributed by atoms with Crippen molar-refractivity contribution >= 4 is 41.9 Å². The molecule has 0 heterocycles. The van der Waals surface area contributed by atoms with E-state index in [9.17, 15) is 9.59 Å². The molecule has 0 spiro atoms. The Labute approximate surface area is 186 Å². The van der Waals surface area contributed by atoms with Gasteiger partial charge in [0.2, 0.25) is 5.91 Å². The van der Waals surface area contributed by atoms with E-state index < -0.39 is 11.7 Å². The van der Waals surface area contributed by atoms with Crippen LogP contribution in [0.5, 0.6) is 0 Å². The minimum Gasteiger partial charge on any atom is -0.444 e. The van der Waals surface area contributed by atoms with Crippen LogP contribution in [0.4, 0.5) is 4.79 Å². The van der Waals surface area contributed by atoms with Gasteiger partial charge >= 0.3 is 6.09 Å². The summed E-state index contributed by atoms with van der Waals surface area (Å²) >= 11 is 0. The molecule has 1 saturated carbocycles. The van der Waals surface area contributed by atoms with E-state index in [4.69, 9.17) is 4.74 Å². The molecule has 0 unspecified atom stereocenters. The van der Waals surface area contributed by atoms with Crippen molar-refractivity contribution < 1.29 is 14.3 Å². The summed E-state index contributed by atoms with van der Waals surface area (Å²) in [5.41, 5.74) is -0.516. The first kappa shape index (κ1) is 26.7. The van der Waals surface area contributed by atoms with Crippen LogP contribution < -0.4 is 16.0 Å². The molecule has 2 amide bonds. The third kappa shape index (κ3) is 13.0. The van der Waals surface area contributed by atoms with Crippen LogP contribution in [0.3, 0.4) is 0 Å². The lowest BCUT2D eigenvalue weighted by Gasteiger charge is -2.23. The molecule has 0 atom stereocenters. The maximum Gasteiger partial charge on any atom is 0.407 e. The highest BCUT2D eigenvalue weighted by Crippen LogP contribution is 2.22. The van der Waals surface area contributed by atoms with Gasteiger partial charge < -0.3 is 25.6 Å². The number of carbonyl (C=O) groups excluding carboxylic acids is 2. The Balaban J connectivity index is 0.00000729. The normalized spacial score (nSPS) is 15.2. The fourth-order valence-electron chi connectivity index (χ4n) is 2.75. The first-order valence-electron chi connectivity index (χ1n) is 9.86. The number of hydrogen-bond donors (Lipinski definition) is 3. The number of aliphatic imine (C=N–C) groups is 1.